The van der Waals surface area contributed by atoms with Crippen LogP contribution in [0.2, 0.25) is 0 Å². The van der Waals surface area contributed by atoms with E-state index >= 15 is 0 Å². The molecule has 0 bridgehead atoms. The summed E-state index contributed by atoms with van der Waals surface area (Å²) in [5.74, 6) is -3.08. The number of hydrogen-bond donors (Lipinski definition) is 3. The number of piperazine rings is 1. The van der Waals surface area contributed by atoms with Gasteiger partial charge in [-0.15, -0.1) is 0 Å². The van der Waals surface area contributed by atoms with Crippen LogP contribution >= 0.6 is 0 Å². The van der Waals surface area contributed by atoms with Crippen molar-refractivity contribution < 1.29 is 26.3 Å². The van der Waals surface area contributed by atoms with E-state index in [9.17, 15) is 21.6 Å². The number of anilines is 3. The first kappa shape index (κ1) is 31.1. The topological polar surface area (TPSA) is 140 Å². The zero-order valence-electron chi connectivity index (χ0n) is 24.9. The quantitative estimate of drug-likeness (QED) is 0.202. The first-order chi connectivity index (χ1) is 22.0. The number of aromatic nitrogens is 4. The second kappa shape index (κ2) is 12.5. The molecule has 1 atom stereocenters. The molecule has 46 heavy (non-hydrogen) atoms. The van der Waals surface area contributed by atoms with Gasteiger partial charge in [0.15, 0.2) is 0 Å². The highest BCUT2D eigenvalue weighted by molar-refractivity contribution is 7.93. The number of alkyl halides is 2. The van der Waals surface area contributed by atoms with Crippen molar-refractivity contribution in [1.82, 2.24) is 25.1 Å². The average molecular weight is 653 g/mol. The molecule has 2 aromatic carbocycles. The van der Waals surface area contributed by atoms with E-state index in [0.29, 0.717) is 27.7 Å². The minimum atomic E-state index is -5.02. The van der Waals surface area contributed by atoms with Gasteiger partial charge in [0.25, 0.3) is 10.0 Å². The molecule has 5 aromatic rings. The molecule has 0 spiro atoms. The van der Waals surface area contributed by atoms with Crippen LogP contribution in [0, 0.1) is 5.82 Å². The molecule has 1 aliphatic heterocycles. The van der Waals surface area contributed by atoms with E-state index < -0.39 is 27.7 Å². The molecule has 0 amide bonds. The van der Waals surface area contributed by atoms with Gasteiger partial charge in [-0.25, -0.2) is 22.8 Å². The van der Waals surface area contributed by atoms with Crippen LogP contribution in [0.3, 0.4) is 0 Å². The Bertz CT molecular complexity index is 1980. The van der Waals surface area contributed by atoms with Gasteiger partial charge in [0.2, 0.25) is 0 Å². The number of nitrogens with one attached hydrogen (secondary N) is 2. The Labute approximate surface area is 263 Å². The van der Waals surface area contributed by atoms with Gasteiger partial charge in [0, 0.05) is 62.3 Å². The summed E-state index contributed by atoms with van der Waals surface area (Å²) in [7, 11) is -3.26. The molecule has 1 fully saturated rings. The lowest BCUT2D eigenvalue weighted by molar-refractivity contribution is 0.228. The molecule has 4 heterocycles. The fraction of sp³-hybridized carbons (Fsp3) is 0.258. The number of rotatable bonds is 9. The molecule has 1 saturated heterocycles. The van der Waals surface area contributed by atoms with E-state index in [0.717, 1.165) is 43.1 Å². The van der Waals surface area contributed by atoms with Crippen molar-refractivity contribution in [2.75, 3.05) is 41.5 Å². The van der Waals surface area contributed by atoms with Gasteiger partial charge in [-0.1, -0.05) is 18.2 Å². The Morgan fingerprint density at radius 1 is 1.00 bits per heavy atom. The zero-order chi connectivity index (χ0) is 32.6. The number of nitrogens with zero attached hydrogens (tertiary/aromatic N) is 5. The summed E-state index contributed by atoms with van der Waals surface area (Å²) in [6.07, 6.45) is 2.73. The van der Waals surface area contributed by atoms with Crippen molar-refractivity contribution in [3.8, 4) is 28.1 Å². The summed E-state index contributed by atoms with van der Waals surface area (Å²) >= 11 is 0. The number of nitrogen functional groups attached to an aromatic ring is 1. The van der Waals surface area contributed by atoms with Crippen LogP contribution in [0.15, 0.2) is 67.0 Å². The number of nitrogens with two attached hydrogens (primary N) is 1. The molecule has 6 rings (SSSR count). The lowest BCUT2D eigenvalue weighted by Crippen LogP contribution is -2.43. The standard InChI is InChI=1S/C31H31F3N8O3S/c1-18(19-3-7-22(32)8-4-19)45-25-15-20(5-9-24(25)40-46(43,44)31(33)34)28-27-29(41(2)39-28)23(17-38-30(27)35)21-6-10-26(37-16-21)42-13-11-36-12-14-42/h3-10,15-18,31,36,40H,11-14H2,1-2H3,(H2,35,38)/t18-/m0/s1. The van der Waals surface area contributed by atoms with Gasteiger partial charge in [-0.05, 0) is 48.9 Å². The van der Waals surface area contributed by atoms with Gasteiger partial charge < -0.3 is 20.7 Å². The van der Waals surface area contributed by atoms with Crippen LogP contribution in [0.1, 0.15) is 18.6 Å². The third-order valence-electron chi connectivity index (χ3n) is 7.78. The highest BCUT2D eigenvalue weighted by atomic mass is 32.2. The van der Waals surface area contributed by atoms with Crippen LogP contribution in [0.5, 0.6) is 5.75 Å². The van der Waals surface area contributed by atoms with Crippen molar-refractivity contribution >= 4 is 38.2 Å². The Morgan fingerprint density at radius 3 is 2.39 bits per heavy atom. The van der Waals surface area contributed by atoms with Crippen molar-refractivity contribution in [2.45, 2.75) is 18.8 Å². The molecular formula is C31H31F3N8O3S. The number of pyridine rings is 2. The number of halogens is 3. The largest absolute Gasteiger partial charge is 0.484 e. The maximum absolute atomic E-state index is 13.5. The highest BCUT2D eigenvalue weighted by Gasteiger charge is 2.27. The molecule has 4 N–H and O–H groups in total. The van der Waals surface area contributed by atoms with Crippen LogP contribution in [0.25, 0.3) is 33.3 Å². The first-order valence-electron chi connectivity index (χ1n) is 14.4. The lowest BCUT2D eigenvalue weighted by atomic mass is 10.0. The molecule has 0 radical (unpaired) electrons. The third kappa shape index (κ3) is 6.15. The lowest BCUT2D eigenvalue weighted by Gasteiger charge is -2.28. The number of aryl methyl sites for hydroxylation is 1. The number of benzene rings is 2. The summed E-state index contributed by atoms with van der Waals surface area (Å²) in [6.45, 7) is 5.17. The third-order valence-corrected chi connectivity index (χ3v) is 8.75. The van der Waals surface area contributed by atoms with Crippen molar-refractivity contribution in [1.29, 1.82) is 0 Å². The first-order valence-corrected chi connectivity index (χ1v) is 16.0. The summed E-state index contributed by atoms with van der Waals surface area (Å²) in [6, 6.07) is 13.8. The molecular weight excluding hydrogens is 621 g/mol. The van der Waals surface area contributed by atoms with Crippen LogP contribution < -0.4 is 25.4 Å². The molecule has 3 aromatic heterocycles. The van der Waals surface area contributed by atoms with Gasteiger partial charge >= 0.3 is 5.76 Å². The van der Waals surface area contributed by atoms with E-state index in [1.165, 1.54) is 42.5 Å². The zero-order valence-corrected chi connectivity index (χ0v) is 25.7. The monoisotopic (exact) mass is 652 g/mol. The highest BCUT2D eigenvalue weighted by Crippen LogP contribution is 2.40. The normalized spacial score (nSPS) is 14.5. The van der Waals surface area contributed by atoms with Crippen molar-refractivity contribution in [2.24, 2.45) is 7.05 Å². The SMILES string of the molecule is C[C@H](Oc1cc(-c2nn(C)c3c(-c4ccc(N5CCNCC5)nc4)cnc(N)c23)ccc1NS(=O)(=O)C(F)F)c1ccc(F)cc1. The van der Waals surface area contributed by atoms with Crippen LogP contribution in [-0.2, 0) is 17.1 Å². The predicted octanol–water partition coefficient (Wildman–Crippen LogP) is 4.93. The molecule has 0 saturated carbocycles. The summed E-state index contributed by atoms with van der Waals surface area (Å²) in [5.41, 5.74) is 9.88. The maximum atomic E-state index is 13.5. The number of ether oxygens (including phenoxy) is 1. The van der Waals surface area contributed by atoms with E-state index in [1.807, 2.05) is 16.9 Å². The van der Waals surface area contributed by atoms with E-state index in [4.69, 9.17) is 15.6 Å². The van der Waals surface area contributed by atoms with Crippen molar-refractivity contribution in [3.05, 3.63) is 78.4 Å². The van der Waals surface area contributed by atoms with Gasteiger partial charge in [0.1, 0.15) is 35.0 Å². The fourth-order valence-electron chi connectivity index (χ4n) is 5.42. The second-order valence-electron chi connectivity index (χ2n) is 10.8. The van der Waals surface area contributed by atoms with Gasteiger partial charge in [-0.2, -0.15) is 13.9 Å². The van der Waals surface area contributed by atoms with E-state index in [-0.39, 0.29) is 17.3 Å². The smallest absolute Gasteiger partial charge is 0.355 e. The van der Waals surface area contributed by atoms with Gasteiger partial charge in [-0.3, -0.25) is 9.40 Å². The Hall–Kier alpha value is -4.89. The molecule has 0 unspecified atom stereocenters. The number of hydrogen-bond acceptors (Lipinski definition) is 9. The molecule has 0 aliphatic carbocycles. The van der Waals surface area contributed by atoms with Crippen molar-refractivity contribution in [3.63, 3.8) is 0 Å². The summed E-state index contributed by atoms with van der Waals surface area (Å²) < 4.78 is 73.9. The minimum absolute atomic E-state index is 0.0484. The number of fused-ring (bicyclic) bond motifs is 1. The Morgan fingerprint density at radius 2 is 1.72 bits per heavy atom. The van der Waals surface area contributed by atoms with E-state index in [2.05, 4.69) is 20.2 Å². The number of sulfonamides is 1. The summed E-state index contributed by atoms with van der Waals surface area (Å²) in [5, 5.41) is 8.58. The summed E-state index contributed by atoms with van der Waals surface area (Å²) in [4.78, 5) is 11.3. The molecule has 240 valence electrons. The van der Waals surface area contributed by atoms with Crippen LogP contribution in [0.4, 0.5) is 30.5 Å². The maximum Gasteiger partial charge on any atom is 0.355 e. The minimum Gasteiger partial charge on any atom is -0.484 e. The fourth-order valence-corrected chi connectivity index (χ4v) is 5.98. The average Bonchev–Trinajstić information content (AvgIpc) is 3.40. The predicted molar refractivity (Wildman–Crippen MR) is 171 cm³/mol. The van der Waals surface area contributed by atoms with E-state index in [1.54, 1.807) is 31.0 Å². The second-order valence-corrected chi connectivity index (χ2v) is 12.5. The van der Waals surface area contributed by atoms with Gasteiger partial charge in [0.05, 0.1) is 16.6 Å². The molecule has 1 aliphatic rings. The Balaban J connectivity index is 1.41. The Kier molecular flexibility index (Phi) is 8.44. The molecule has 11 nitrogen and oxygen atoms in total. The van der Waals surface area contributed by atoms with Crippen LogP contribution in [-0.4, -0.2) is 60.1 Å². The molecule has 15 heteroatoms.